The molecule has 2 heterocycles. The van der Waals surface area contributed by atoms with Gasteiger partial charge in [-0.25, -0.2) is 8.78 Å². The molecule has 2 rings (SSSR count). The number of hydrogen-bond donors (Lipinski definition) is 2. The normalized spacial score (nSPS) is 19.3. The number of likely N-dealkylation sites (tertiary alicyclic amines) is 1. The second-order valence-electron chi connectivity index (χ2n) is 6.09. The highest BCUT2D eigenvalue weighted by atomic mass is 19.3. The molecule has 6 nitrogen and oxygen atoms in total. The van der Waals surface area contributed by atoms with Gasteiger partial charge in [-0.3, -0.25) is 9.59 Å². The van der Waals surface area contributed by atoms with Gasteiger partial charge in [-0.15, -0.1) is 0 Å². The Bertz CT molecular complexity index is 752. The van der Waals surface area contributed by atoms with Crippen LogP contribution in [0.15, 0.2) is 4.79 Å². The number of pyridine rings is 1. The Morgan fingerprint density at radius 2 is 2.17 bits per heavy atom. The summed E-state index contributed by atoms with van der Waals surface area (Å²) in [5, 5.41) is 18.2. The number of aromatic nitrogens is 1. The highest BCUT2D eigenvalue weighted by Crippen LogP contribution is 2.32. The van der Waals surface area contributed by atoms with Gasteiger partial charge < -0.3 is 15.0 Å². The molecule has 130 valence electrons. The number of nitriles is 1. The van der Waals surface area contributed by atoms with E-state index in [1.807, 2.05) is 6.07 Å². The van der Waals surface area contributed by atoms with Crippen LogP contribution in [0.5, 0.6) is 0 Å². The summed E-state index contributed by atoms with van der Waals surface area (Å²) in [6, 6.07) is 0.954. The number of aryl methyl sites for hydroxylation is 1. The summed E-state index contributed by atoms with van der Waals surface area (Å²) in [5.41, 5.74) is 1.21. The fraction of sp³-hybridized carbons (Fsp3) is 0.562. The van der Waals surface area contributed by atoms with Crippen molar-refractivity contribution in [2.75, 3.05) is 13.2 Å². The topological polar surface area (TPSA) is 97.2 Å². The molecular formula is C16H19F2N3O3. The first-order valence-corrected chi connectivity index (χ1v) is 7.60. The van der Waals surface area contributed by atoms with Crippen molar-refractivity contribution in [3.05, 3.63) is 32.7 Å². The third kappa shape index (κ3) is 3.46. The number of aliphatic hydroxyl groups excluding tert-OH is 1. The predicted molar refractivity (Wildman–Crippen MR) is 81.7 cm³/mol. The van der Waals surface area contributed by atoms with Gasteiger partial charge in [0.05, 0.1) is 19.2 Å². The maximum atomic E-state index is 13.4. The first-order valence-electron chi connectivity index (χ1n) is 7.60. The molecule has 1 fully saturated rings. The van der Waals surface area contributed by atoms with E-state index in [1.165, 1.54) is 0 Å². The molecule has 1 atom stereocenters. The highest BCUT2D eigenvalue weighted by molar-refractivity contribution is 5.77. The number of amides is 1. The highest BCUT2D eigenvalue weighted by Gasteiger charge is 2.46. The minimum absolute atomic E-state index is 0.0102. The van der Waals surface area contributed by atoms with Gasteiger partial charge in [0, 0.05) is 18.5 Å². The smallest absolute Gasteiger partial charge is 0.267 e. The van der Waals surface area contributed by atoms with Crippen molar-refractivity contribution in [2.45, 2.75) is 45.1 Å². The number of aliphatic hydroxyl groups is 1. The van der Waals surface area contributed by atoms with Crippen LogP contribution in [-0.2, 0) is 11.2 Å². The molecule has 24 heavy (non-hydrogen) atoms. The third-order valence-corrected chi connectivity index (χ3v) is 4.42. The van der Waals surface area contributed by atoms with Crippen LogP contribution in [0, 0.1) is 25.2 Å². The Hall–Kier alpha value is -2.27. The molecule has 1 aromatic heterocycles. The average molecular weight is 339 g/mol. The van der Waals surface area contributed by atoms with Crippen molar-refractivity contribution >= 4 is 5.91 Å². The zero-order valence-electron chi connectivity index (χ0n) is 13.5. The maximum Gasteiger partial charge on any atom is 0.267 e. The summed E-state index contributed by atoms with van der Waals surface area (Å²) >= 11 is 0. The molecule has 0 spiro atoms. The molecule has 0 aromatic carbocycles. The fourth-order valence-corrected chi connectivity index (χ4v) is 3.15. The van der Waals surface area contributed by atoms with E-state index in [-0.39, 0.29) is 18.4 Å². The van der Waals surface area contributed by atoms with Crippen LogP contribution < -0.4 is 5.56 Å². The van der Waals surface area contributed by atoms with E-state index in [1.54, 1.807) is 13.8 Å². The number of nitrogens with one attached hydrogen (secondary N) is 1. The lowest BCUT2D eigenvalue weighted by Crippen LogP contribution is -2.38. The lowest BCUT2D eigenvalue weighted by Gasteiger charge is -2.22. The summed E-state index contributed by atoms with van der Waals surface area (Å²) in [4.78, 5) is 27.5. The SMILES string of the molecule is Cc1[nH]c(=O)c(C#N)c(C)c1CCC(=O)N1CC(F)(F)CC1CO. The van der Waals surface area contributed by atoms with Crippen molar-refractivity contribution < 1.29 is 18.7 Å². The van der Waals surface area contributed by atoms with Gasteiger partial charge in [0.15, 0.2) is 0 Å². The van der Waals surface area contributed by atoms with E-state index in [2.05, 4.69) is 4.98 Å². The number of carbonyl (C=O) groups excluding carboxylic acids is 1. The van der Waals surface area contributed by atoms with E-state index in [9.17, 15) is 23.5 Å². The van der Waals surface area contributed by atoms with Crippen molar-refractivity contribution in [3.8, 4) is 6.07 Å². The molecule has 0 bridgehead atoms. The van der Waals surface area contributed by atoms with Gasteiger partial charge in [0.1, 0.15) is 11.6 Å². The molecule has 8 heteroatoms. The zero-order chi connectivity index (χ0) is 18.1. The number of carbonyl (C=O) groups is 1. The lowest BCUT2D eigenvalue weighted by atomic mass is 9.99. The summed E-state index contributed by atoms with van der Waals surface area (Å²) in [6.45, 7) is 2.09. The first-order chi connectivity index (χ1) is 11.2. The number of H-pyrrole nitrogens is 1. The summed E-state index contributed by atoms with van der Waals surface area (Å²) in [6.07, 6.45) is -0.349. The van der Waals surface area contributed by atoms with Gasteiger partial charge in [0.25, 0.3) is 11.5 Å². The molecular weight excluding hydrogens is 320 g/mol. The Morgan fingerprint density at radius 1 is 1.50 bits per heavy atom. The summed E-state index contributed by atoms with van der Waals surface area (Å²) in [5.74, 6) is -3.46. The quantitative estimate of drug-likeness (QED) is 0.856. The largest absolute Gasteiger partial charge is 0.394 e. The van der Waals surface area contributed by atoms with Gasteiger partial charge >= 0.3 is 0 Å². The summed E-state index contributed by atoms with van der Waals surface area (Å²) < 4.78 is 26.9. The van der Waals surface area contributed by atoms with Crippen LogP contribution in [0.3, 0.4) is 0 Å². The molecule has 2 N–H and O–H groups in total. The molecule has 0 saturated carbocycles. The minimum atomic E-state index is -2.99. The van der Waals surface area contributed by atoms with Crippen molar-refractivity contribution in [3.63, 3.8) is 0 Å². The third-order valence-electron chi connectivity index (χ3n) is 4.42. The number of rotatable bonds is 4. The number of halogens is 2. The minimum Gasteiger partial charge on any atom is -0.394 e. The fourth-order valence-electron chi connectivity index (χ4n) is 3.15. The van der Waals surface area contributed by atoms with Crippen LogP contribution in [-0.4, -0.2) is 46.0 Å². The average Bonchev–Trinajstić information content (AvgIpc) is 2.82. The first kappa shape index (κ1) is 18.1. The van der Waals surface area contributed by atoms with Gasteiger partial charge in [0.2, 0.25) is 5.91 Å². The lowest BCUT2D eigenvalue weighted by molar-refractivity contribution is -0.133. The number of nitrogens with zero attached hydrogens (tertiary/aromatic N) is 2. The summed E-state index contributed by atoms with van der Waals surface area (Å²) in [7, 11) is 0. The molecule has 1 aliphatic heterocycles. The molecule has 1 aromatic rings. The van der Waals surface area contributed by atoms with Gasteiger partial charge in [-0.2, -0.15) is 5.26 Å². The van der Waals surface area contributed by atoms with E-state index in [4.69, 9.17) is 5.26 Å². The van der Waals surface area contributed by atoms with Crippen molar-refractivity contribution in [1.82, 2.24) is 9.88 Å². The molecule has 1 aliphatic rings. The molecule has 1 unspecified atom stereocenters. The van der Waals surface area contributed by atoms with Crippen LogP contribution in [0.4, 0.5) is 8.78 Å². The van der Waals surface area contributed by atoms with Crippen LogP contribution >= 0.6 is 0 Å². The Balaban J connectivity index is 2.16. The van der Waals surface area contributed by atoms with Crippen LogP contribution in [0.25, 0.3) is 0 Å². The number of alkyl halides is 2. The molecule has 1 amide bonds. The second-order valence-corrected chi connectivity index (χ2v) is 6.09. The number of aromatic amines is 1. The van der Waals surface area contributed by atoms with Crippen LogP contribution in [0.1, 0.15) is 35.2 Å². The van der Waals surface area contributed by atoms with Crippen molar-refractivity contribution in [1.29, 1.82) is 5.26 Å². The zero-order valence-corrected chi connectivity index (χ0v) is 13.5. The van der Waals surface area contributed by atoms with Crippen LogP contribution in [0.2, 0.25) is 0 Å². The number of hydrogen-bond acceptors (Lipinski definition) is 4. The monoisotopic (exact) mass is 339 g/mol. The van der Waals surface area contributed by atoms with Crippen molar-refractivity contribution in [2.24, 2.45) is 0 Å². The van der Waals surface area contributed by atoms with Gasteiger partial charge in [-0.1, -0.05) is 0 Å². The molecule has 0 aliphatic carbocycles. The molecule has 0 radical (unpaired) electrons. The van der Waals surface area contributed by atoms with E-state index < -0.39 is 43.0 Å². The van der Waals surface area contributed by atoms with Gasteiger partial charge in [-0.05, 0) is 31.4 Å². The maximum absolute atomic E-state index is 13.4. The van der Waals surface area contributed by atoms with E-state index in [0.717, 1.165) is 4.90 Å². The predicted octanol–water partition coefficient (Wildman–Crippen LogP) is 1.02. The standard InChI is InChI=1S/C16H19F2N3O3/c1-9-12(10(2)20-15(24)13(9)6-19)3-4-14(23)21-8-16(17,18)5-11(21)7-22/h11,22H,3-5,7-8H2,1-2H3,(H,20,24). The van der Waals surface area contributed by atoms with E-state index >= 15 is 0 Å². The Labute approximate surface area is 137 Å². The second kappa shape index (κ2) is 6.69. The Morgan fingerprint density at radius 3 is 2.75 bits per heavy atom. The molecule has 1 saturated heterocycles. The Kier molecular flexibility index (Phi) is 5.04. The van der Waals surface area contributed by atoms with E-state index in [0.29, 0.717) is 16.8 Å².